The highest BCUT2D eigenvalue weighted by molar-refractivity contribution is 6.30. The third kappa shape index (κ3) is 4.30. The van der Waals surface area contributed by atoms with E-state index >= 15 is 0 Å². The van der Waals surface area contributed by atoms with Gasteiger partial charge in [-0.15, -0.1) is 0 Å². The number of alkyl halides is 3. The van der Waals surface area contributed by atoms with Crippen molar-refractivity contribution in [3.63, 3.8) is 0 Å². The minimum absolute atomic E-state index is 0.0605. The van der Waals surface area contributed by atoms with E-state index in [0.29, 0.717) is 17.2 Å². The Kier molecular flexibility index (Phi) is 6.11. The molecule has 2 aromatic rings. The molecular formula is C22H21ClF3NO3. The zero-order valence-electron chi connectivity index (χ0n) is 16.7. The molecule has 0 spiro atoms. The lowest BCUT2D eigenvalue weighted by molar-refractivity contribution is -0.240. The van der Waals surface area contributed by atoms with E-state index in [1.807, 2.05) is 0 Å². The van der Waals surface area contributed by atoms with Crippen LogP contribution >= 0.6 is 11.6 Å². The standard InChI is InChI=1S/C22H21ClF3NO3/c1-27(16-7-9-19(29-2)20(13-16)30-3)18-8-6-15(23)12-17(18)21(28,22(24,25)26)11-10-14-4-5-14/h6-9,12-14,28H,4-5H2,1-3H3. The van der Waals surface area contributed by atoms with Crippen molar-refractivity contribution < 1.29 is 27.8 Å². The van der Waals surface area contributed by atoms with Crippen molar-refractivity contribution in [2.75, 3.05) is 26.2 Å². The second-order valence-electron chi connectivity index (χ2n) is 7.01. The van der Waals surface area contributed by atoms with E-state index in [0.717, 1.165) is 18.9 Å². The predicted molar refractivity (Wildman–Crippen MR) is 110 cm³/mol. The molecule has 1 saturated carbocycles. The zero-order chi connectivity index (χ0) is 22.1. The van der Waals surface area contributed by atoms with E-state index in [4.69, 9.17) is 21.1 Å². The van der Waals surface area contributed by atoms with Crippen LogP contribution in [0, 0.1) is 17.8 Å². The maximum Gasteiger partial charge on any atom is 0.433 e. The van der Waals surface area contributed by atoms with Crippen LogP contribution in [0.1, 0.15) is 18.4 Å². The fourth-order valence-corrected chi connectivity index (χ4v) is 3.16. The molecule has 0 saturated heterocycles. The van der Waals surface area contributed by atoms with Gasteiger partial charge >= 0.3 is 6.18 Å². The molecular weight excluding hydrogens is 419 g/mol. The molecule has 1 unspecified atom stereocenters. The number of aliphatic hydroxyl groups is 1. The molecule has 0 bridgehead atoms. The van der Waals surface area contributed by atoms with Crippen molar-refractivity contribution in [1.29, 1.82) is 0 Å². The summed E-state index contributed by atoms with van der Waals surface area (Å²) in [5.74, 6) is 5.40. The van der Waals surface area contributed by atoms with Gasteiger partial charge in [0.1, 0.15) is 0 Å². The van der Waals surface area contributed by atoms with Crippen LogP contribution in [-0.2, 0) is 5.60 Å². The number of halogens is 4. The Morgan fingerprint density at radius 2 is 1.73 bits per heavy atom. The Morgan fingerprint density at radius 1 is 1.07 bits per heavy atom. The van der Waals surface area contributed by atoms with Crippen molar-refractivity contribution >= 4 is 23.0 Å². The first-order valence-corrected chi connectivity index (χ1v) is 9.56. The number of hydrogen-bond acceptors (Lipinski definition) is 4. The average molecular weight is 440 g/mol. The number of anilines is 2. The monoisotopic (exact) mass is 439 g/mol. The second kappa shape index (κ2) is 8.29. The summed E-state index contributed by atoms with van der Waals surface area (Å²) >= 11 is 6.00. The van der Waals surface area contributed by atoms with Gasteiger partial charge in [-0.25, -0.2) is 0 Å². The first-order chi connectivity index (χ1) is 14.1. The highest BCUT2D eigenvalue weighted by Gasteiger charge is 2.56. The normalized spacial score (nSPS) is 15.6. The predicted octanol–water partition coefficient (Wildman–Crippen LogP) is 5.29. The molecule has 0 heterocycles. The van der Waals surface area contributed by atoms with Crippen molar-refractivity contribution in [1.82, 2.24) is 0 Å². The number of rotatable bonds is 5. The molecule has 8 heteroatoms. The van der Waals surface area contributed by atoms with Gasteiger partial charge in [0.15, 0.2) is 11.5 Å². The summed E-state index contributed by atoms with van der Waals surface area (Å²) in [5.41, 5.74) is -3.17. The van der Waals surface area contributed by atoms with Crippen molar-refractivity contribution in [3.8, 4) is 23.3 Å². The third-order valence-electron chi connectivity index (χ3n) is 4.91. The van der Waals surface area contributed by atoms with Gasteiger partial charge in [-0.3, -0.25) is 0 Å². The Hall–Kier alpha value is -2.56. The summed E-state index contributed by atoms with van der Waals surface area (Å²) in [5, 5.41) is 10.8. The van der Waals surface area contributed by atoms with Gasteiger partial charge in [0.25, 0.3) is 0 Å². The van der Waals surface area contributed by atoms with Gasteiger partial charge in [0.05, 0.1) is 14.2 Å². The number of ether oxygens (including phenoxy) is 2. The van der Waals surface area contributed by atoms with Crippen molar-refractivity contribution in [2.45, 2.75) is 24.6 Å². The highest BCUT2D eigenvalue weighted by atomic mass is 35.5. The molecule has 0 aromatic heterocycles. The third-order valence-corrected chi connectivity index (χ3v) is 5.14. The number of methoxy groups -OCH3 is 2. The Bertz CT molecular complexity index is 995. The molecule has 0 amide bonds. The van der Waals surface area contributed by atoms with E-state index in [-0.39, 0.29) is 16.6 Å². The van der Waals surface area contributed by atoms with E-state index in [1.165, 1.54) is 31.3 Å². The first-order valence-electron chi connectivity index (χ1n) is 9.18. The van der Waals surface area contributed by atoms with Crippen LogP contribution in [0.4, 0.5) is 24.5 Å². The quantitative estimate of drug-likeness (QED) is 0.643. The Labute approximate surface area is 178 Å². The number of nitrogens with zero attached hydrogens (tertiary/aromatic N) is 1. The van der Waals surface area contributed by atoms with Gasteiger partial charge in [0, 0.05) is 41.0 Å². The SMILES string of the molecule is COc1ccc(N(C)c2ccc(Cl)cc2C(O)(C#CC2CC2)C(F)(F)F)cc1OC. The average Bonchev–Trinajstić information content (AvgIpc) is 3.54. The number of hydrogen-bond donors (Lipinski definition) is 1. The Balaban J connectivity index is 2.14. The number of benzene rings is 2. The fourth-order valence-electron chi connectivity index (χ4n) is 2.99. The molecule has 1 aliphatic carbocycles. The molecule has 2 aromatic carbocycles. The molecule has 0 radical (unpaired) electrons. The summed E-state index contributed by atoms with van der Waals surface area (Å²) in [7, 11) is 4.53. The summed E-state index contributed by atoms with van der Waals surface area (Å²) in [6, 6.07) is 8.92. The zero-order valence-corrected chi connectivity index (χ0v) is 17.4. The van der Waals surface area contributed by atoms with E-state index in [1.54, 1.807) is 25.2 Å². The van der Waals surface area contributed by atoms with Gasteiger partial charge in [-0.2, -0.15) is 13.2 Å². The molecule has 4 nitrogen and oxygen atoms in total. The van der Waals surface area contributed by atoms with E-state index in [2.05, 4.69) is 11.8 Å². The van der Waals surface area contributed by atoms with E-state index < -0.39 is 17.3 Å². The van der Waals surface area contributed by atoms with Crippen LogP contribution in [-0.4, -0.2) is 32.6 Å². The molecule has 1 aliphatic rings. The van der Waals surface area contributed by atoms with Crippen molar-refractivity contribution in [3.05, 3.63) is 47.0 Å². The fraction of sp³-hybridized carbons (Fsp3) is 0.364. The van der Waals surface area contributed by atoms with Gasteiger partial charge in [0.2, 0.25) is 5.60 Å². The lowest BCUT2D eigenvalue weighted by Crippen LogP contribution is -2.42. The van der Waals surface area contributed by atoms with Crippen LogP contribution in [0.2, 0.25) is 5.02 Å². The Morgan fingerprint density at radius 3 is 2.30 bits per heavy atom. The summed E-state index contributed by atoms with van der Waals surface area (Å²) in [4.78, 5) is 1.50. The molecule has 0 aliphatic heterocycles. The molecule has 1 N–H and O–H groups in total. The lowest BCUT2D eigenvalue weighted by Gasteiger charge is -2.31. The topological polar surface area (TPSA) is 41.9 Å². The maximum absolute atomic E-state index is 14.0. The van der Waals surface area contributed by atoms with Crippen LogP contribution in [0.15, 0.2) is 36.4 Å². The van der Waals surface area contributed by atoms with Gasteiger partial charge in [-0.1, -0.05) is 23.4 Å². The molecule has 160 valence electrons. The summed E-state index contributed by atoms with van der Waals surface area (Å²) < 4.78 is 52.5. The summed E-state index contributed by atoms with van der Waals surface area (Å²) in [6.45, 7) is 0. The summed E-state index contributed by atoms with van der Waals surface area (Å²) in [6.07, 6.45) is -3.56. The molecule has 3 rings (SSSR count). The highest BCUT2D eigenvalue weighted by Crippen LogP contribution is 2.45. The van der Waals surface area contributed by atoms with Crippen LogP contribution in [0.25, 0.3) is 0 Å². The molecule has 30 heavy (non-hydrogen) atoms. The van der Waals surface area contributed by atoms with Gasteiger partial charge < -0.3 is 19.5 Å². The smallest absolute Gasteiger partial charge is 0.433 e. The van der Waals surface area contributed by atoms with Crippen LogP contribution < -0.4 is 14.4 Å². The van der Waals surface area contributed by atoms with Crippen LogP contribution in [0.3, 0.4) is 0 Å². The second-order valence-corrected chi connectivity index (χ2v) is 7.45. The molecule has 1 atom stereocenters. The minimum atomic E-state index is -5.02. The minimum Gasteiger partial charge on any atom is -0.493 e. The first kappa shape index (κ1) is 22.1. The van der Waals surface area contributed by atoms with Crippen LogP contribution in [0.5, 0.6) is 11.5 Å². The van der Waals surface area contributed by atoms with Crippen molar-refractivity contribution in [2.24, 2.45) is 5.92 Å². The largest absolute Gasteiger partial charge is 0.493 e. The maximum atomic E-state index is 14.0. The van der Waals surface area contributed by atoms with Gasteiger partial charge in [-0.05, 0) is 43.2 Å². The van der Waals surface area contributed by atoms with E-state index in [9.17, 15) is 18.3 Å². The molecule has 1 fully saturated rings. The lowest BCUT2D eigenvalue weighted by atomic mass is 9.91.